The van der Waals surface area contributed by atoms with Crippen molar-refractivity contribution < 1.29 is 28.2 Å². The number of nitrogens with zero attached hydrogens (tertiary/aromatic N) is 3. The fraction of sp³-hybridized carbons (Fsp3) is 0.500. The van der Waals surface area contributed by atoms with Crippen LogP contribution in [0.3, 0.4) is 0 Å². The summed E-state index contributed by atoms with van der Waals surface area (Å²) >= 11 is 0. The molecule has 122 valence electrons. The van der Waals surface area contributed by atoms with Crippen molar-refractivity contribution in [2.75, 3.05) is 18.2 Å². The Morgan fingerprint density at radius 1 is 1.32 bits per heavy atom. The van der Waals surface area contributed by atoms with Crippen molar-refractivity contribution in [3.8, 4) is 11.5 Å². The molecule has 2 heterocycles. The molecular weight excluding hydrogens is 307 g/mol. The highest BCUT2D eigenvalue weighted by Gasteiger charge is 2.46. The molecule has 7 nitrogen and oxygen atoms in total. The molecule has 1 aromatic rings. The van der Waals surface area contributed by atoms with E-state index < -0.39 is 47.4 Å². The van der Waals surface area contributed by atoms with E-state index in [0.29, 0.717) is 4.90 Å². The zero-order valence-electron chi connectivity index (χ0n) is 11.8. The second kappa shape index (κ2) is 5.11. The number of carbonyl (C=O) groups excluding carboxylic acids is 1. The fourth-order valence-corrected chi connectivity index (χ4v) is 2.17. The van der Waals surface area contributed by atoms with Gasteiger partial charge in [-0.1, -0.05) is 0 Å². The maximum Gasteiger partial charge on any atom is 0.408 e. The van der Waals surface area contributed by atoms with Crippen LogP contribution >= 0.6 is 0 Å². The number of aromatic hydroxyl groups is 2. The van der Waals surface area contributed by atoms with Gasteiger partial charge in [-0.2, -0.15) is 13.2 Å². The zero-order chi connectivity index (χ0) is 16.8. The van der Waals surface area contributed by atoms with E-state index in [9.17, 15) is 33.0 Å². The Morgan fingerprint density at radius 3 is 2.41 bits per heavy atom. The highest BCUT2D eigenvalue weighted by Crippen LogP contribution is 2.30. The van der Waals surface area contributed by atoms with Gasteiger partial charge in [-0.3, -0.25) is 19.3 Å². The van der Waals surface area contributed by atoms with Crippen molar-refractivity contribution in [3.63, 3.8) is 0 Å². The first-order valence-electron chi connectivity index (χ1n) is 6.40. The van der Waals surface area contributed by atoms with Crippen molar-refractivity contribution in [1.29, 1.82) is 0 Å². The van der Waals surface area contributed by atoms with Gasteiger partial charge in [-0.05, 0) is 13.8 Å². The summed E-state index contributed by atoms with van der Waals surface area (Å²) in [5.41, 5.74) is -1.82. The number of hydrogen-bond acceptors (Lipinski definition) is 5. The number of pyridine rings is 1. The Kier molecular flexibility index (Phi) is 3.71. The first-order valence-corrected chi connectivity index (χ1v) is 6.40. The predicted molar refractivity (Wildman–Crippen MR) is 69.3 cm³/mol. The standard InChI is InChI=1S/C12H14F3N3O4/c1-3-16-5-17(6(2)12(13,14)15)11(22)8-10(21)9(20)7(19)4-18(8)16/h4,6,19,21H,3,5H2,1-2H3/t6-/m1/s1. The average molecular weight is 321 g/mol. The van der Waals surface area contributed by atoms with Gasteiger partial charge in [0.1, 0.15) is 12.7 Å². The quantitative estimate of drug-likeness (QED) is 0.832. The van der Waals surface area contributed by atoms with Gasteiger partial charge < -0.3 is 15.1 Å². The lowest BCUT2D eigenvalue weighted by molar-refractivity contribution is -0.173. The number of carbonyl (C=O) groups is 1. The number of amides is 1. The number of halogens is 3. The molecule has 22 heavy (non-hydrogen) atoms. The highest BCUT2D eigenvalue weighted by molar-refractivity contribution is 5.96. The summed E-state index contributed by atoms with van der Waals surface area (Å²) in [5, 5.41) is 20.5. The van der Waals surface area contributed by atoms with Crippen LogP contribution in [0, 0.1) is 0 Å². The lowest BCUT2D eigenvalue weighted by atomic mass is 10.2. The third-order valence-corrected chi connectivity index (χ3v) is 3.54. The topological polar surface area (TPSA) is 86.0 Å². The summed E-state index contributed by atoms with van der Waals surface area (Å²) < 4.78 is 39.6. The molecule has 0 aromatic carbocycles. The minimum Gasteiger partial charge on any atom is -0.503 e. The monoisotopic (exact) mass is 321 g/mol. The largest absolute Gasteiger partial charge is 0.503 e. The molecule has 0 aliphatic carbocycles. The van der Waals surface area contributed by atoms with E-state index in [1.165, 1.54) is 5.01 Å². The second-order valence-corrected chi connectivity index (χ2v) is 4.84. The first-order chi connectivity index (χ1) is 10.1. The minimum atomic E-state index is -4.65. The lowest BCUT2D eigenvalue weighted by Gasteiger charge is -2.41. The molecule has 0 unspecified atom stereocenters. The summed E-state index contributed by atoms with van der Waals surface area (Å²) in [4.78, 5) is 24.3. The van der Waals surface area contributed by atoms with E-state index in [-0.39, 0.29) is 6.54 Å². The van der Waals surface area contributed by atoms with Gasteiger partial charge in [-0.15, -0.1) is 0 Å². The molecule has 0 saturated carbocycles. The van der Waals surface area contributed by atoms with E-state index in [2.05, 4.69) is 0 Å². The second-order valence-electron chi connectivity index (χ2n) is 4.84. The summed E-state index contributed by atoms with van der Waals surface area (Å²) in [6.07, 6.45) is -3.75. The van der Waals surface area contributed by atoms with Crippen molar-refractivity contribution in [3.05, 3.63) is 22.1 Å². The SMILES string of the molecule is CCN1CN([C@H](C)C(F)(F)F)C(=O)c2c(O)c(=O)c(O)cn21. The van der Waals surface area contributed by atoms with Crippen molar-refractivity contribution >= 4 is 5.91 Å². The molecule has 10 heteroatoms. The lowest BCUT2D eigenvalue weighted by Crippen LogP contribution is -2.59. The molecule has 1 amide bonds. The Labute approximate surface area is 122 Å². The van der Waals surface area contributed by atoms with Crippen LogP contribution < -0.4 is 10.4 Å². The normalized spacial score (nSPS) is 16.7. The maximum atomic E-state index is 12.9. The minimum absolute atomic E-state index is 0.184. The molecule has 2 N–H and O–H groups in total. The van der Waals surface area contributed by atoms with Gasteiger partial charge in [0.25, 0.3) is 11.3 Å². The van der Waals surface area contributed by atoms with Crippen LogP contribution in [0.15, 0.2) is 11.0 Å². The fourth-order valence-electron chi connectivity index (χ4n) is 2.17. The molecular formula is C12H14F3N3O4. The smallest absolute Gasteiger partial charge is 0.408 e. The molecule has 0 spiro atoms. The molecule has 1 aliphatic heterocycles. The molecule has 0 bridgehead atoms. The number of hydrogen-bond donors (Lipinski definition) is 2. The van der Waals surface area contributed by atoms with E-state index in [1.807, 2.05) is 0 Å². The Bertz CT molecular complexity index is 671. The first kappa shape index (κ1) is 16.0. The van der Waals surface area contributed by atoms with Crippen LogP contribution in [-0.4, -0.2) is 51.1 Å². The zero-order valence-corrected chi connectivity index (χ0v) is 11.8. The van der Waals surface area contributed by atoms with Crippen LogP contribution in [0.4, 0.5) is 13.2 Å². The van der Waals surface area contributed by atoms with Crippen molar-refractivity contribution in [2.45, 2.75) is 26.1 Å². The van der Waals surface area contributed by atoms with Gasteiger partial charge in [0.15, 0.2) is 17.2 Å². The van der Waals surface area contributed by atoms with Gasteiger partial charge in [0, 0.05) is 6.54 Å². The molecule has 0 fully saturated rings. The Balaban J connectivity index is 2.61. The van der Waals surface area contributed by atoms with Crippen LogP contribution in [0.1, 0.15) is 24.3 Å². The molecule has 1 atom stereocenters. The molecule has 0 saturated heterocycles. The third-order valence-electron chi connectivity index (χ3n) is 3.54. The van der Waals surface area contributed by atoms with E-state index >= 15 is 0 Å². The third kappa shape index (κ3) is 2.34. The molecule has 1 aliphatic rings. The van der Waals surface area contributed by atoms with Crippen molar-refractivity contribution in [2.24, 2.45) is 0 Å². The average Bonchev–Trinajstić information content (AvgIpc) is 2.43. The number of alkyl halides is 3. The number of aromatic nitrogens is 1. The van der Waals surface area contributed by atoms with Gasteiger partial charge in [-0.25, -0.2) is 0 Å². The summed E-state index contributed by atoms with van der Waals surface area (Å²) in [6.45, 7) is 2.22. The van der Waals surface area contributed by atoms with Crippen LogP contribution in [0.5, 0.6) is 11.5 Å². The molecule has 1 aromatic heterocycles. The van der Waals surface area contributed by atoms with Crippen LogP contribution in [0.25, 0.3) is 0 Å². The van der Waals surface area contributed by atoms with Gasteiger partial charge in [0.05, 0.1) is 6.20 Å². The number of fused-ring (bicyclic) bond motifs is 1. The molecule has 2 rings (SSSR count). The molecule has 0 radical (unpaired) electrons. The van der Waals surface area contributed by atoms with Crippen molar-refractivity contribution in [1.82, 2.24) is 9.58 Å². The van der Waals surface area contributed by atoms with E-state index in [1.54, 1.807) is 6.92 Å². The van der Waals surface area contributed by atoms with E-state index in [4.69, 9.17) is 0 Å². The van der Waals surface area contributed by atoms with Gasteiger partial charge >= 0.3 is 6.18 Å². The Morgan fingerprint density at radius 2 is 1.91 bits per heavy atom. The predicted octanol–water partition coefficient (Wildman–Crippen LogP) is 0.581. The summed E-state index contributed by atoms with van der Waals surface area (Å²) in [5.74, 6) is -3.02. The van der Waals surface area contributed by atoms with E-state index in [0.717, 1.165) is 17.8 Å². The summed E-state index contributed by atoms with van der Waals surface area (Å²) in [6, 6.07) is -2.09. The maximum absolute atomic E-state index is 12.9. The summed E-state index contributed by atoms with van der Waals surface area (Å²) in [7, 11) is 0. The highest BCUT2D eigenvalue weighted by atomic mass is 19.4. The van der Waals surface area contributed by atoms with Crippen LogP contribution in [-0.2, 0) is 0 Å². The number of rotatable bonds is 2. The Hall–Kier alpha value is -2.39. The van der Waals surface area contributed by atoms with Crippen LogP contribution in [0.2, 0.25) is 0 Å². The van der Waals surface area contributed by atoms with Gasteiger partial charge in [0.2, 0.25) is 0 Å².